The van der Waals surface area contributed by atoms with Crippen molar-refractivity contribution in [3.63, 3.8) is 0 Å². The number of rotatable bonds is 4. The fraction of sp³-hybridized carbons (Fsp3) is 0.188. The van der Waals surface area contributed by atoms with Crippen LogP contribution in [0.2, 0.25) is 0 Å². The molecule has 0 aliphatic heterocycles. The summed E-state index contributed by atoms with van der Waals surface area (Å²) in [5.41, 5.74) is 2.34. The van der Waals surface area contributed by atoms with E-state index in [-0.39, 0.29) is 5.56 Å². The van der Waals surface area contributed by atoms with E-state index in [4.69, 9.17) is 4.74 Å². The molecular formula is C16H16O3S. The van der Waals surface area contributed by atoms with Crippen molar-refractivity contribution in [1.82, 2.24) is 0 Å². The van der Waals surface area contributed by atoms with Crippen molar-refractivity contribution in [2.75, 3.05) is 6.26 Å². The molecule has 0 unspecified atom stereocenters. The van der Waals surface area contributed by atoms with Gasteiger partial charge in [0, 0.05) is 4.90 Å². The molecule has 0 aliphatic rings. The van der Waals surface area contributed by atoms with Crippen LogP contribution >= 0.6 is 11.8 Å². The molecule has 2 aromatic carbocycles. The summed E-state index contributed by atoms with van der Waals surface area (Å²) >= 11 is 1.39. The van der Waals surface area contributed by atoms with Gasteiger partial charge in [0.15, 0.2) is 0 Å². The molecule has 0 atom stereocenters. The number of carboxylic acid groups (broad SMARTS) is 1. The predicted molar refractivity (Wildman–Crippen MR) is 81.2 cm³/mol. The summed E-state index contributed by atoms with van der Waals surface area (Å²) in [6.07, 6.45) is 1.85. The molecule has 104 valence electrons. The number of aryl methyl sites for hydroxylation is 2. The number of benzene rings is 2. The Hall–Kier alpha value is -1.94. The highest BCUT2D eigenvalue weighted by molar-refractivity contribution is 7.98. The lowest BCUT2D eigenvalue weighted by atomic mass is 10.1. The molecule has 3 nitrogen and oxygen atoms in total. The van der Waals surface area contributed by atoms with E-state index in [2.05, 4.69) is 0 Å². The Labute approximate surface area is 122 Å². The Morgan fingerprint density at radius 3 is 2.50 bits per heavy atom. The normalized spacial score (nSPS) is 10.3. The lowest BCUT2D eigenvalue weighted by molar-refractivity contribution is 0.0690. The summed E-state index contributed by atoms with van der Waals surface area (Å²) in [6, 6.07) is 11.1. The highest BCUT2D eigenvalue weighted by Gasteiger charge is 2.17. The van der Waals surface area contributed by atoms with Crippen molar-refractivity contribution in [2.45, 2.75) is 18.7 Å². The number of ether oxygens (including phenoxy) is 1. The van der Waals surface area contributed by atoms with Gasteiger partial charge in [0.05, 0.1) is 0 Å². The maximum Gasteiger partial charge on any atom is 0.340 e. The van der Waals surface area contributed by atoms with Gasteiger partial charge in [-0.2, -0.15) is 0 Å². The first-order chi connectivity index (χ1) is 9.52. The monoisotopic (exact) mass is 288 g/mol. The first-order valence-corrected chi connectivity index (χ1v) is 7.41. The molecular weight excluding hydrogens is 272 g/mol. The van der Waals surface area contributed by atoms with Crippen molar-refractivity contribution < 1.29 is 14.6 Å². The third-order valence-electron chi connectivity index (χ3n) is 2.97. The van der Waals surface area contributed by atoms with E-state index in [0.29, 0.717) is 16.4 Å². The van der Waals surface area contributed by atoms with Crippen LogP contribution in [0.3, 0.4) is 0 Å². The molecule has 0 bridgehead atoms. The topological polar surface area (TPSA) is 46.5 Å². The second kappa shape index (κ2) is 6.01. The van der Waals surface area contributed by atoms with Crippen molar-refractivity contribution >= 4 is 17.7 Å². The molecule has 1 N–H and O–H groups in total. The molecule has 2 rings (SSSR count). The van der Waals surface area contributed by atoms with Gasteiger partial charge < -0.3 is 9.84 Å². The minimum absolute atomic E-state index is 0.208. The van der Waals surface area contributed by atoms with Crippen LogP contribution in [0.5, 0.6) is 11.5 Å². The van der Waals surface area contributed by atoms with Gasteiger partial charge in [-0.1, -0.05) is 23.8 Å². The first kappa shape index (κ1) is 14.5. The molecule has 0 amide bonds. The molecule has 0 saturated heterocycles. The Bertz CT molecular complexity index is 650. The second-order valence-corrected chi connectivity index (χ2v) is 5.36. The molecule has 0 spiro atoms. The number of thioether (sulfide) groups is 1. The van der Waals surface area contributed by atoms with Crippen molar-refractivity contribution in [3.8, 4) is 11.5 Å². The minimum atomic E-state index is -0.977. The summed E-state index contributed by atoms with van der Waals surface area (Å²) in [6.45, 7) is 3.95. The lowest BCUT2D eigenvalue weighted by Gasteiger charge is -2.13. The van der Waals surface area contributed by atoms with Gasteiger partial charge in [-0.15, -0.1) is 11.8 Å². The summed E-state index contributed by atoms with van der Waals surface area (Å²) in [7, 11) is 0. The highest BCUT2D eigenvalue weighted by atomic mass is 32.2. The Balaban J connectivity index is 2.45. The number of carboxylic acids is 1. The van der Waals surface area contributed by atoms with Crippen LogP contribution in [0.1, 0.15) is 21.5 Å². The molecule has 0 radical (unpaired) electrons. The van der Waals surface area contributed by atoms with E-state index in [1.54, 1.807) is 18.2 Å². The van der Waals surface area contributed by atoms with Gasteiger partial charge in [-0.05, 0) is 43.9 Å². The zero-order valence-corrected chi connectivity index (χ0v) is 12.5. The van der Waals surface area contributed by atoms with E-state index in [9.17, 15) is 9.90 Å². The third-order valence-corrected chi connectivity index (χ3v) is 3.75. The number of hydrogen-bond donors (Lipinski definition) is 1. The van der Waals surface area contributed by atoms with Gasteiger partial charge in [0.25, 0.3) is 0 Å². The predicted octanol–water partition coefficient (Wildman–Crippen LogP) is 4.52. The van der Waals surface area contributed by atoms with Gasteiger partial charge in [0.1, 0.15) is 17.1 Å². The van der Waals surface area contributed by atoms with E-state index < -0.39 is 5.97 Å². The Morgan fingerprint density at radius 1 is 1.15 bits per heavy atom. The summed E-state index contributed by atoms with van der Waals surface area (Å²) in [5, 5.41) is 9.38. The fourth-order valence-corrected chi connectivity index (χ4v) is 2.62. The third kappa shape index (κ3) is 2.96. The van der Waals surface area contributed by atoms with Crippen LogP contribution < -0.4 is 4.74 Å². The maximum absolute atomic E-state index is 11.4. The van der Waals surface area contributed by atoms with E-state index in [1.807, 2.05) is 38.3 Å². The number of carbonyl (C=O) groups is 1. The summed E-state index contributed by atoms with van der Waals surface area (Å²) < 4.78 is 5.80. The van der Waals surface area contributed by atoms with Gasteiger partial charge in [0.2, 0.25) is 0 Å². The van der Waals surface area contributed by atoms with E-state index in [1.165, 1.54) is 11.8 Å². The fourth-order valence-electron chi connectivity index (χ4n) is 2.01. The molecule has 0 aromatic heterocycles. The van der Waals surface area contributed by atoms with Crippen LogP contribution in [0.25, 0.3) is 0 Å². The SMILES string of the molecule is CSc1cccc(Oc2ccc(C)cc2C)c1C(=O)O. The van der Waals surface area contributed by atoms with Gasteiger partial charge >= 0.3 is 5.97 Å². The van der Waals surface area contributed by atoms with Crippen molar-refractivity contribution in [2.24, 2.45) is 0 Å². The molecule has 0 heterocycles. The maximum atomic E-state index is 11.4. The van der Waals surface area contributed by atoms with Crippen LogP contribution in [0, 0.1) is 13.8 Å². The minimum Gasteiger partial charge on any atom is -0.478 e. The molecule has 20 heavy (non-hydrogen) atoms. The summed E-state index contributed by atoms with van der Waals surface area (Å²) in [4.78, 5) is 12.1. The number of aromatic carboxylic acids is 1. The Morgan fingerprint density at radius 2 is 1.90 bits per heavy atom. The molecule has 0 fully saturated rings. The molecule has 0 aliphatic carbocycles. The first-order valence-electron chi connectivity index (χ1n) is 6.18. The highest BCUT2D eigenvalue weighted by Crippen LogP contribution is 2.33. The zero-order chi connectivity index (χ0) is 14.7. The van der Waals surface area contributed by atoms with Gasteiger partial charge in [-0.3, -0.25) is 0 Å². The second-order valence-electron chi connectivity index (χ2n) is 4.51. The largest absolute Gasteiger partial charge is 0.478 e. The zero-order valence-electron chi connectivity index (χ0n) is 11.6. The van der Waals surface area contributed by atoms with Crippen LogP contribution in [-0.4, -0.2) is 17.3 Å². The Kier molecular flexibility index (Phi) is 4.35. The van der Waals surface area contributed by atoms with Crippen molar-refractivity contribution in [3.05, 3.63) is 53.1 Å². The van der Waals surface area contributed by atoms with E-state index in [0.717, 1.165) is 11.1 Å². The smallest absolute Gasteiger partial charge is 0.340 e. The average molecular weight is 288 g/mol. The van der Waals surface area contributed by atoms with Gasteiger partial charge in [-0.25, -0.2) is 4.79 Å². The van der Waals surface area contributed by atoms with E-state index >= 15 is 0 Å². The van der Waals surface area contributed by atoms with Crippen LogP contribution in [-0.2, 0) is 0 Å². The number of hydrogen-bond acceptors (Lipinski definition) is 3. The van der Waals surface area contributed by atoms with Crippen molar-refractivity contribution in [1.29, 1.82) is 0 Å². The molecule has 0 saturated carbocycles. The summed E-state index contributed by atoms with van der Waals surface area (Å²) in [5.74, 6) is 0.0716. The average Bonchev–Trinajstić information content (AvgIpc) is 2.41. The molecule has 2 aromatic rings. The molecule has 4 heteroatoms. The lowest BCUT2D eigenvalue weighted by Crippen LogP contribution is -2.02. The van der Waals surface area contributed by atoms with Crippen LogP contribution in [0.15, 0.2) is 41.3 Å². The standard InChI is InChI=1S/C16H16O3S/c1-10-7-8-12(11(2)9-10)19-13-5-4-6-14(20-3)15(13)16(17)18/h4-9H,1-3H3,(H,17,18). The quantitative estimate of drug-likeness (QED) is 0.840. The van der Waals surface area contributed by atoms with Crippen LogP contribution in [0.4, 0.5) is 0 Å².